The Morgan fingerprint density at radius 1 is 1.13 bits per heavy atom. The molecule has 208 valence electrons. The molecule has 0 bridgehead atoms. The number of carboxylic acids is 1. The van der Waals surface area contributed by atoms with Gasteiger partial charge in [0.25, 0.3) is 0 Å². The third-order valence-corrected chi connectivity index (χ3v) is 7.63. The third kappa shape index (κ3) is 7.54. The molecule has 3 aromatic rings. The van der Waals surface area contributed by atoms with Gasteiger partial charge >= 0.3 is 5.97 Å². The summed E-state index contributed by atoms with van der Waals surface area (Å²) in [6, 6.07) is 13.5. The molecular formula is C29H34N2O7S. The SMILES string of the molecule is CCO[C@@H](CC(=O)O)c1ccc(O[C@@H]2CCc3c(-c4ccc(OCCCS(C)(=O)=O)nc4C)cccc32)nc1. The van der Waals surface area contributed by atoms with Gasteiger partial charge in [0.05, 0.1) is 24.9 Å². The molecule has 1 aliphatic rings. The van der Waals surface area contributed by atoms with Crippen LogP contribution in [0.3, 0.4) is 0 Å². The zero-order valence-corrected chi connectivity index (χ0v) is 23.2. The van der Waals surface area contributed by atoms with Crippen molar-refractivity contribution < 1.29 is 32.5 Å². The number of fused-ring (bicyclic) bond motifs is 1. The predicted molar refractivity (Wildman–Crippen MR) is 147 cm³/mol. The molecule has 39 heavy (non-hydrogen) atoms. The number of carbonyl (C=O) groups is 1. The summed E-state index contributed by atoms with van der Waals surface area (Å²) >= 11 is 0. The molecule has 0 radical (unpaired) electrons. The maximum absolute atomic E-state index is 11.3. The minimum Gasteiger partial charge on any atom is -0.481 e. The molecule has 2 aromatic heterocycles. The molecule has 1 aliphatic carbocycles. The fourth-order valence-electron chi connectivity index (χ4n) is 4.82. The molecule has 2 atom stereocenters. The van der Waals surface area contributed by atoms with Gasteiger partial charge in [-0.2, -0.15) is 0 Å². The van der Waals surface area contributed by atoms with Gasteiger partial charge in [0.15, 0.2) is 0 Å². The first kappa shape index (κ1) is 28.5. The molecule has 10 heteroatoms. The van der Waals surface area contributed by atoms with Gasteiger partial charge in [-0.1, -0.05) is 18.2 Å². The van der Waals surface area contributed by atoms with Crippen LogP contribution in [0.2, 0.25) is 0 Å². The molecule has 0 saturated carbocycles. The summed E-state index contributed by atoms with van der Waals surface area (Å²) in [5, 5.41) is 9.16. The van der Waals surface area contributed by atoms with Crippen LogP contribution in [0, 0.1) is 6.92 Å². The van der Waals surface area contributed by atoms with E-state index < -0.39 is 21.9 Å². The van der Waals surface area contributed by atoms with Crippen molar-refractivity contribution in [1.29, 1.82) is 0 Å². The van der Waals surface area contributed by atoms with Gasteiger partial charge in [0, 0.05) is 42.4 Å². The normalized spacial score (nSPS) is 15.5. The molecular weight excluding hydrogens is 520 g/mol. The van der Waals surface area contributed by atoms with E-state index in [-0.39, 0.29) is 18.3 Å². The van der Waals surface area contributed by atoms with Gasteiger partial charge in [-0.3, -0.25) is 4.79 Å². The number of nitrogens with zero attached hydrogens (tertiary/aromatic N) is 2. The van der Waals surface area contributed by atoms with Crippen molar-refractivity contribution in [2.24, 2.45) is 0 Å². The van der Waals surface area contributed by atoms with Gasteiger partial charge in [0.1, 0.15) is 15.9 Å². The number of aromatic nitrogens is 2. The van der Waals surface area contributed by atoms with E-state index in [1.54, 1.807) is 18.3 Å². The summed E-state index contributed by atoms with van der Waals surface area (Å²) in [7, 11) is -3.01. The van der Waals surface area contributed by atoms with Crippen molar-refractivity contribution in [3.05, 3.63) is 71.0 Å². The summed E-state index contributed by atoms with van der Waals surface area (Å²) in [5.74, 6) is 0.108. The average molecular weight is 555 g/mol. The van der Waals surface area contributed by atoms with E-state index >= 15 is 0 Å². The fraction of sp³-hybridized carbons (Fsp3) is 0.414. The van der Waals surface area contributed by atoms with Crippen LogP contribution >= 0.6 is 0 Å². The van der Waals surface area contributed by atoms with Crippen molar-refractivity contribution in [3.63, 3.8) is 0 Å². The van der Waals surface area contributed by atoms with E-state index in [0.29, 0.717) is 37.0 Å². The van der Waals surface area contributed by atoms with Crippen molar-refractivity contribution in [1.82, 2.24) is 9.97 Å². The topological polar surface area (TPSA) is 125 Å². The van der Waals surface area contributed by atoms with Crippen LogP contribution in [0.4, 0.5) is 0 Å². The van der Waals surface area contributed by atoms with Crippen molar-refractivity contribution in [2.45, 2.75) is 51.7 Å². The maximum Gasteiger partial charge on any atom is 0.306 e. The zero-order chi connectivity index (χ0) is 28.0. The van der Waals surface area contributed by atoms with E-state index in [9.17, 15) is 13.2 Å². The molecule has 0 spiro atoms. The van der Waals surface area contributed by atoms with E-state index in [4.69, 9.17) is 19.3 Å². The van der Waals surface area contributed by atoms with Crippen molar-refractivity contribution in [3.8, 4) is 22.9 Å². The number of ether oxygens (including phenoxy) is 3. The Bertz CT molecular complexity index is 1410. The van der Waals surface area contributed by atoms with Gasteiger partial charge in [0.2, 0.25) is 11.8 Å². The highest BCUT2D eigenvalue weighted by Crippen LogP contribution is 2.40. The van der Waals surface area contributed by atoms with Crippen LogP contribution < -0.4 is 9.47 Å². The van der Waals surface area contributed by atoms with E-state index in [1.807, 2.05) is 32.0 Å². The lowest BCUT2D eigenvalue weighted by molar-refractivity contribution is -0.140. The molecule has 9 nitrogen and oxygen atoms in total. The van der Waals surface area contributed by atoms with E-state index in [2.05, 4.69) is 22.1 Å². The second-order valence-electron chi connectivity index (χ2n) is 9.60. The van der Waals surface area contributed by atoms with Crippen molar-refractivity contribution in [2.75, 3.05) is 25.2 Å². The number of aliphatic carboxylic acids is 1. The van der Waals surface area contributed by atoms with E-state index in [0.717, 1.165) is 35.2 Å². The molecule has 0 amide bonds. The Kier molecular flexibility index (Phi) is 9.19. The smallest absolute Gasteiger partial charge is 0.306 e. The monoisotopic (exact) mass is 554 g/mol. The third-order valence-electron chi connectivity index (χ3n) is 6.60. The standard InChI is InChI=1S/C29H34N2O7S/c1-4-36-26(17-29(32)33)20-9-13-27(30-18-20)38-25-12-10-23-22(7-5-8-24(23)25)21-11-14-28(31-19(21)2)37-15-6-16-39(3,34)35/h5,7-9,11,13-14,18,25-26H,4,6,10,12,15-17H2,1-3H3,(H,32,33)/t25-,26+/m1/s1. The average Bonchev–Trinajstić information content (AvgIpc) is 3.29. The number of carboxylic acid groups (broad SMARTS) is 1. The highest BCUT2D eigenvalue weighted by molar-refractivity contribution is 7.90. The lowest BCUT2D eigenvalue weighted by atomic mass is 9.96. The molecule has 0 fully saturated rings. The summed E-state index contributed by atoms with van der Waals surface area (Å²) < 4.78 is 40.1. The number of sulfone groups is 1. The molecule has 0 saturated heterocycles. The van der Waals surface area contributed by atoms with Gasteiger partial charge in [-0.05, 0) is 67.5 Å². The molecule has 0 unspecified atom stereocenters. The summed E-state index contributed by atoms with van der Waals surface area (Å²) in [6.07, 6.45) is 4.09. The number of hydrogen-bond acceptors (Lipinski definition) is 8. The van der Waals surface area contributed by atoms with Crippen molar-refractivity contribution >= 4 is 15.8 Å². The van der Waals surface area contributed by atoms with Crippen LogP contribution in [-0.4, -0.2) is 54.7 Å². The highest BCUT2D eigenvalue weighted by atomic mass is 32.2. The van der Waals surface area contributed by atoms with Crippen LogP contribution in [-0.2, 0) is 25.8 Å². The second-order valence-corrected chi connectivity index (χ2v) is 11.9. The predicted octanol–water partition coefficient (Wildman–Crippen LogP) is 4.88. The fourth-order valence-corrected chi connectivity index (χ4v) is 5.46. The Hall–Kier alpha value is -3.50. The minimum atomic E-state index is -3.01. The van der Waals surface area contributed by atoms with Gasteiger partial charge in [-0.25, -0.2) is 18.4 Å². The second kappa shape index (κ2) is 12.6. The first-order chi connectivity index (χ1) is 18.6. The van der Waals surface area contributed by atoms with Gasteiger partial charge in [-0.15, -0.1) is 0 Å². The van der Waals surface area contributed by atoms with Crippen LogP contribution in [0.25, 0.3) is 11.1 Å². The van der Waals surface area contributed by atoms with Crippen LogP contribution in [0.5, 0.6) is 11.8 Å². The summed E-state index contributed by atoms with van der Waals surface area (Å²) in [4.78, 5) is 20.2. The molecule has 1 N–H and O–H groups in total. The quantitative estimate of drug-likeness (QED) is 0.294. The zero-order valence-electron chi connectivity index (χ0n) is 22.4. The number of pyridine rings is 2. The molecule has 4 rings (SSSR count). The largest absolute Gasteiger partial charge is 0.481 e. The number of benzene rings is 1. The Morgan fingerprint density at radius 3 is 2.59 bits per heavy atom. The van der Waals surface area contributed by atoms with E-state index in [1.165, 1.54) is 11.8 Å². The number of aryl methyl sites for hydroxylation is 1. The first-order valence-electron chi connectivity index (χ1n) is 13.0. The minimum absolute atomic E-state index is 0.0850. The highest BCUT2D eigenvalue weighted by Gasteiger charge is 2.27. The number of rotatable bonds is 13. The van der Waals surface area contributed by atoms with Gasteiger partial charge < -0.3 is 19.3 Å². The maximum atomic E-state index is 11.3. The first-order valence-corrected chi connectivity index (χ1v) is 15.1. The van der Waals surface area contributed by atoms with Crippen LogP contribution in [0.1, 0.15) is 60.8 Å². The van der Waals surface area contributed by atoms with Crippen LogP contribution in [0.15, 0.2) is 48.7 Å². The molecule has 1 aromatic carbocycles. The Labute approximate surface area is 229 Å². The molecule has 2 heterocycles. The lowest BCUT2D eigenvalue weighted by Crippen LogP contribution is -2.11. The summed E-state index contributed by atoms with van der Waals surface area (Å²) in [6.45, 7) is 4.47. The lowest BCUT2D eigenvalue weighted by Gasteiger charge is -2.18. The Morgan fingerprint density at radius 2 is 1.92 bits per heavy atom. The number of hydrogen-bond donors (Lipinski definition) is 1. The summed E-state index contributed by atoms with van der Waals surface area (Å²) in [5.41, 5.74) is 5.96. The Balaban J connectivity index is 1.45. The molecule has 0 aliphatic heterocycles.